The van der Waals surface area contributed by atoms with Gasteiger partial charge in [-0.2, -0.15) is 0 Å². The lowest BCUT2D eigenvalue weighted by atomic mass is 10.3. The van der Waals surface area contributed by atoms with E-state index >= 15 is 0 Å². The summed E-state index contributed by atoms with van der Waals surface area (Å²) in [5.41, 5.74) is 0. The van der Waals surface area contributed by atoms with Gasteiger partial charge in [0.2, 0.25) is 5.91 Å². The van der Waals surface area contributed by atoms with Crippen LogP contribution in [0.15, 0.2) is 28.7 Å². The molecule has 1 saturated heterocycles. The average Bonchev–Trinajstić information content (AvgIpc) is 2.98. The normalized spacial score (nSPS) is 19.6. The fraction of sp³-hybridized carbons (Fsp3) is 0.462. The Bertz CT molecular complexity index is 455. The van der Waals surface area contributed by atoms with Gasteiger partial charge >= 0.3 is 0 Å². The van der Waals surface area contributed by atoms with Gasteiger partial charge in [0, 0.05) is 18.2 Å². The molecule has 1 fully saturated rings. The number of hydrogen-bond donors (Lipinski definition) is 3. The third-order valence-corrected chi connectivity index (χ3v) is 4.41. The van der Waals surface area contributed by atoms with Crippen LogP contribution in [0.4, 0.5) is 0 Å². The summed E-state index contributed by atoms with van der Waals surface area (Å²) in [5, 5.41) is 15.6. The fourth-order valence-corrected chi connectivity index (χ4v) is 3.05. The van der Waals surface area contributed by atoms with Gasteiger partial charge in [-0.25, -0.2) is 0 Å². The first-order valence-corrected chi connectivity index (χ1v) is 8.26. The summed E-state index contributed by atoms with van der Waals surface area (Å²) < 4.78 is 6.32. The number of para-hydroxylation sites is 1. The zero-order valence-corrected chi connectivity index (χ0v) is 13.2. The van der Waals surface area contributed by atoms with Gasteiger partial charge in [0.1, 0.15) is 18.5 Å². The van der Waals surface area contributed by atoms with E-state index in [1.54, 1.807) is 11.8 Å². The minimum Gasteiger partial charge on any atom is -0.490 e. The van der Waals surface area contributed by atoms with Gasteiger partial charge in [-0.3, -0.25) is 10.1 Å². The Morgan fingerprint density at radius 2 is 2.40 bits per heavy atom. The minimum atomic E-state index is -0.736. The number of benzene rings is 1. The molecule has 1 aromatic rings. The fourth-order valence-electron chi connectivity index (χ4n) is 1.71. The van der Waals surface area contributed by atoms with E-state index in [-0.39, 0.29) is 25.1 Å². The molecule has 0 aliphatic carbocycles. The first-order chi connectivity index (χ1) is 9.66. The summed E-state index contributed by atoms with van der Waals surface area (Å²) >= 11 is 5.06. The maximum atomic E-state index is 11.7. The Labute approximate surface area is 130 Å². The van der Waals surface area contributed by atoms with Crippen molar-refractivity contribution >= 4 is 33.6 Å². The molecule has 1 aliphatic rings. The van der Waals surface area contributed by atoms with Gasteiger partial charge in [0.25, 0.3) is 0 Å². The van der Waals surface area contributed by atoms with Crippen molar-refractivity contribution in [3.8, 4) is 5.75 Å². The minimum absolute atomic E-state index is 0.0741. The summed E-state index contributed by atoms with van der Waals surface area (Å²) in [4.78, 5) is 11.7. The van der Waals surface area contributed by atoms with Crippen LogP contribution in [0.5, 0.6) is 5.75 Å². The second-order valence-corrected chi connectivity index (χ2v) is 6.30. The van der Waals surface area contributed by atoms with Crippen LogP contribution in [0.25, 0.3) is 0 Å². The molecule has 3 N–H and O–H groups in total. The lowest BCUT2D eigenvalue weighted by Crippen LogP contribution is -2.45. The first-order valence-electron chi connectivity index (χ1n) is 6.31. The lowest BCUT2D eigenvalue weighted by molar-refractivity contribution is -0.122. The summed E-state index contributed by atoms with van der Waals surface area (Å²) in [6.45, 7) is 0.321. The van der Waals surface area contributed by atoms with Gasteiger partial charge in [0.05, 0.1) is 10.5 Å². The molecule has 20 heavy (non-hydrogen) atoms. The highest BCUT2D eigenvalue weighted by molar-refractivity contribution is 9.10. The second kappa shape index (κ2) is 7.87. The number of ether oxygens (including phenoxy) is 1. The number of aliphatic hydroxyl groups excluding tert-OH is 1. The lowest BCUT2D eigenvalue weighted by Gasteiger charge is -2.15. The highest BCUT2D eigenvalue weighted by Crippen LogP contribution is 2.23. The van der Waals surface area contributed by atoms with Gasteiger partial charge in [-0.05, 0) is 28.1 Å². The predicted octanol–water partition coefficient (Wildman–Crippen LogP) is 0.967. The monoisotopic (exact) mass is 360 g/mol. The first kappa shape index (κ1) is 15.6. The standard InChI is InChI=1S/C13H17BrN2O3S/c14-10-3-1-2-4-12(10)19-6-9(17)5-15-13(18)11-7-20-8-16-11/h1-4,9,11,16-17H,5-8H2,(H,15,18)/t9-,11+/m0/s1. The zero-order valence-electron chi connectivity index (χ0n) is 10.8. The van der Waals surface area contributed by atoms with E-state index in [0.29, 0.717) is 5.75 Å². The predicted molar refractivity (Wildman–Crippen MR) is 82.9 cm³/mol. The smallest absolute Gasteiger partial charge is 0.238 e. The summed E-state index contributed by atoms with van der Waals surface area (Å²) in [5.74, 6) is 2.17. The molecule has 0 unspecified atom stereocenters. The molecule has 2 rings (SSSR count). The second-order valence-electron chi connectivity index (χ2n) is 4.41. The number of hydrogen-bond acceptors (Lipinski definition) is 5. The van der Waals surface area contributed by atoms with Crippen LogP contribution >= 0.6 is 27.7 Å². The van der Waals surface area contributed by atoms with Crippen LogP contribution in [-0.4, -0.2) is 47.9 Å². The Morgan fingerprint density at radius 3 is 3.10 bits per heavy atom. The number of rotatable bonds is 6. The molecule has 5 nitrogen and oxygen atoms in total. The molecule has 1 aliphatic heterocycles. The van der Waals surface area contributed by atoms with Crippen molar-refractivity contribution in [2.75, 3.05) is 24.8 Å². The maximum Gasteiger partial charge on any atom is 0.238 e. The Balaban J connectivity index is 1.69. The largest absolute Gasteiger partial charge is 0.490 e. The number of amides is 1. The highest BCUT2D eigenvalue weighted by Gasteiger charge is 2.22. The van der Waals surface area contributed by atoms with Crippen molar-refractivity contribution in [1.82, 2.24) is 10.6 Å². The quantitative estimate of drug-likeness (QED) is 0.705. The number of carbonyl (C=O) groups is 1. The molecule has 1 heterocycles. The number of halogens is 1. The molecule has 0 saturated carbocycles. The van der Waals surface area contributed by atoms with Crippen LogP contribution in [-0.2, 0) is 4.79 Å². The Morgan fingerprint density at radius 1 is 1.60 bits per heavy atom. The SMILES string of the molecule is O=C(NC[C@H](O)COc1ccccc1Br)[C@H]1CSCN1. The van der Waals surface area contributed by atoms with E-state index in [1.807, 2.05) is 24.3 Å². The van der Waals surface area contributed by atoms with Crippen molar-refractivity contribution in [3.63, 3.8) is 0 Å². The van der Waals surface area contributed by atoms with Crippen LogP contribution in [0.1, 0.15) is 0 Å². The van der Waals surface area contributed by atoms with E-state index in [0.717, 1.165) is 16.1 Å². The number of carbonyl (C=O) groups excluding carboxylic acids is 1. The third kappa shape index (κ3) is 4.66. The van der Waals surface area contributed by atoms with Crippen molar-refractivity contribution < 1.29 is 14.6 Å². The van der Waals surface area contributed by atoms with Crippen LogP contribution in [0, 0.1) is 0 Å². The molecule has 1 aromatic carbocycles. The van der Waals surface area contributed by atoms with Crippen LogP contribution in [0.2, 0.25) is 0 Å². The van der Waals surface area contributed by atoms with Crippen molar-refractivity contribution in [3.05, 3.63) is 28.7 Å². The molecular formula is C13H17BrN2O3S. The molecule has 110 valence electrons. The third-order valence-electron chi connectivity index (χ3n) is 2.81. The molecule has 0 aromatic heterocycles. The van der Waals surface area contributed by atoms with E-state index in [1.165, 1.54) is 0 Å². The van der Waals surface area contributed by atoms with Crippen LogP contribution < -0.4 is 15.4 Å². The van der Waals surface area contributed by atoms with Gasteiger partial charge in [-0.1, -0.05) is 12.1 Å². The Kier molecular flexibility index (Phi) is 6.15. The Hall–Kier alpha value is -0.760. The average molecular weight is 361 g/mol. The summed E-state index contributed by atoms with van der Waals surface area (Å²) in [6.07, 6.45) is -0.736. The molecule has 0 spiro atoms. The van der Waals surface area contributed by atoms with Gasteiger partial charge < -0.3 is 15.2 Å². The topological polar surface area (TPSA) is 70.6 Å². The van der Waals surface area contributed by atoms with E-state index in [2.05, 4.69) is 26.6 Å². The molecule has 1 amide bonds. The van der Waals surface area contributed by atoms with Crippen LogP contribution in [0.3, 0.4) is 0 Å². The van der Waals surface area contributed by atoms with E-state index < -0.39 is 6.10 Å². The van der Waals surface area contributed by atoms with Crippen molar-refractivity contribution in [2.24, 2.45) is 0 Å². The van der Waals surface area contributed by atoms with Crippen molar-refractivity contribution in [1.29, 1.82) is 0 Å². The molecule has 0 bridgehead atoms. The highest BCUT2D eigenvalue weighted by atomic mass is 79.9. The maximum absolute atomic E-state index is 11.7. The van der Waals surface area contributed by atoms with Gasteiger partial charge in [-0.15, -0.1) is 11.8 Å². The molecular weight excluding hydrogens is 344 g/mol. The number of thioether (sulfide) groups is 1. The van der Waals surface area contributed by atoms with E-state index in [4.69, 9.17) is 4.74 Å². The van der Waals surface area contributed by atoms with Crippen molar-refractivity contribution in [2.45, 2.75) is 12.1 Å². The molecule has 2 atom stereocenters. The molecule has 0 radical (unpaired) electrons. The number of aliphatic hydroxyl groups is 1. The summed E-state index contributed by atoms with van der Waals surface area (Å²) in [6, 6.07) is 7.27. The zero-order chi connectivity index (χ0) is 14.4. The number of nitrogens with one attached hydrogen (secondary N) is 2. The summed E-state index contributed by atoms with van der Waals surface area (Å²) in [7, 11) is 0. The van der Waals surface area contributed by atoms with E-state index in [9.17, 15) is 9.90 Å². The van der Waals surface area contributed by atoms with Gasteiger partial charge in [0.15, 0.2) is 0 Å². The molecule has 7 heteroatoms.